The first kappa shape index (κ1) is 26.4. The van der Waals surface area contributed by atoms with Crippen LogP contribution in [0.25, 0.3) is 16.8 Å². The van der Waals surface area contributed by atoms with E-state index in [-0.39, 0.29) is 18.1 Å². The highest BCUT2D eigenvalue weighted by Crippen LogP contribution is 2.30. The molecule has 4 aromatic rings. The Labute approximate surface area is 223 Å². The van der Waals surface area contributed by atoms with Gasteiger partial charge in [-0.15, -0.1) is 0 Å². The SMILES string of the molecule is Cc1ccc(NC(=O)Cc2cccc(C(F)(F)F)c2)cc1-n1cc(-c2cncc(OC3CCOCC3)c2)cn1. The number of amides is 1. The fraction of sp³-hybridized carbons (Fsp3) is 0.276. The van der Waals surface area contributed by atoms with Crippen LogP contribution in [0.15, 0.2) is 73.3 Å². The molecule has 7 nitrogen and oxygen atoms in total. The van der Waals surface area contributed by atoms with Gasteiger partial charge in [0, 0.05) is 42.0 Å². The Kier molecular flexibility index (Phi) is 7.65. The lowest BCUT2D eigenvalue weighted by atomic mass is 10.1. The largest absolute Gasteiger partial charge is 0.489 e. The third-order valence-corrected chi connectivity index (χ3v) is 6.46. The number of rotatable bonds is 7. The summed E-state index contributed by atoms with van der Waals surface area (Å²) in [6, 6.07) is 12.1. The molecule has 1 saturated heterocycles. The Balaban J connectivity index is 1.29. The molecule has 1 fully saturated rings. The Morgan fingerprint density at radius 1 is 1.08 bits per heavy atom. The molecule has 1 amide bonds. The van der Waals surface area contributed by atoms with Crippen LogP contribution in [0.3, 0.4) is 0 Å². The molecule has 0 spiro atoms. The molecule has 0 bridgehead atoms. The molecule has 2 aromatic heterocycles. The van der Waals surface area contributed by atoms with Gasteiger partial charge in [0.15, 0.2) is 0 Å². The molecule has 0 saturated carbocycles. The second kappa shape index (κ2) is 11.3. The number of halogens is 3. The average molecular weight is 537 g/mol. The first-order valence-corrected chi connectivity index (χ1v) is 12.6. The number of anilines is 1. The van der Waals surface area contributed by atoms with Gasteiger partial charge in [0.1, 0.15) is 11.9 Å². The summed E-state index contributed by atoms with van der Waals surface area (Å²) in [6.07, 6.45) is 4.18. The van der Waals surface area contributed by atoms with Crippen molar-refractivity contribution in [2.24, 2.45) is 0 Å². The van der Waals surface area contributed by atoms with Gasteiger partial charge in [0.2, 0.25) is 5.91 Å². The van der Waals surface area contributed by atoms with E-state index in [0.29, 0.717) is 24.7 Å². The Morgan fingerprint density at radius 2 is 1.90 bits per heavy atom. The van der Waals surface area contributed by atoms with E-state index in [0.717, 1.165) is 47.4 Å². The van der Waals surface area contributed by atoms with Gasteiger partial charge in [0.25, 0.3) is 0 Å². The highest BCUT2D eigenvalue weighted by molar-refractivity contribution is 5.92. The van der Waals surface area contributed by atoms with E-state index in [1.807, 2.05) is 25.3 Å². The number of nitrogens with zero attached hydrogens (tertiary/aromatic N) is 3. The second-order valence-electron chi connectivity index (χ2n) is 9.44. The highest BCUT2D eigenvalue weighted by Gasteiger charge is 2.30. The Hall–Kier alpha value is -4.18. The van der Waals surface area contributed by atoms with Crippen LogP contribution in [-0.4, -0.2) is 40.0 Å². The van der Waals surface area contributed by atoms with Crippen molar-refractivity contribution < 1.29 is 27.4 Å². The van der Waals surface area contributed by atoms with Crippen molar-refractivity contribution in [2.75, 3.05) is 18.5 Å². The van der Waals surface area contributed by atoms with Crippen LogP contribution in [-0.2, 0) is 22.1 Å². The summed E-state index contributed by atoms with van der Waals surface area (Å²) in [5.74, 6) is 0.270. The van der Waals surface area contributed by atoms with Crippen molar-refractivity contribution in [3.05, 3.63) is 90.0 Å². The zero-order valence-corrected chi connectivity index (χ0v) is 21.2. The highest BCUT2D eigenvalue weighted by atomic mass is 19.4. The zero-order valence-electron chi connectivity index (χ0n) is 21.2. The number of nitrogens with one attached hydrogen (secondary N) is 1. The number of hydrogen-bond donors (Lipinski definition) is 1. The molecule has 5 rings (SSSR count). The van der Waals surface area contributed by atoms with Crippen LogP contribution in [0.5, 0.6) is 5.75 Å². The molecule has 10 heteroatoms. The Bertz CT molecular complexity index is 1460. The van der Waals surface area contributed by atoms with Crippen molar-refractivity contribution >= 4 is 11.6 Å². The lowest BCUT2D eigenvalue weighted by Crippen LogP contribution is -2.25. The summed E-state index contributed by atoms with van der Waals surface area (Å²) in [4.78, 5) is 16.9. The van der Waals surface area contributed by atoms with Gasteiger partial charge < -0.3 is 14.8 Å². The summed E-state index contributed by atoms with van der Waals surface area (Å²) in [7, 11) is 0. The fourth-order valence-corrected chi connectivity index (χ4v) is 4.41. The van der Waals surface area contributed by atoms with Gasteiger partial charge in [-0.25, -0.2) is 4.68 Å². The standard InChI is InChI=1S/C29H27F3N4O3/c1-19-5-6-24(35-28(37)12-20-3-2-4-23(11-20)29(30,31)32)14-27(19)36-18-22(16-34-36)21-13-26(17-33-15-21)39-25-7-9-38-10-8-25/h2-6,11,13-18,25H,7-10,12H2,1H3,(H,35,37). The lowest BCUT2D eigenvalue weighted by Gasteiger charge is -2.23. The van der Waals surface area contributed by atoms with Crippen molar-refractivity contribution in [2.45, 2.75) is 38.5 Å². The van der Waals surface area contributed by atoms with Gasteiger partial charge in [-0.2, -0.15) is 18.3 Å². The number of benzene rings is 2. The van der Waals surface area contributed by atoms with Crippen molar-refractivity contribution in [1.82, 2.24) is 14.8 Å². The summed E-state index contributed by atoms with van der Waals surface area (Å²) in [6.45, 7) is 3.30. The predicted octanol–water partition coefficient (Wildman–Crippen LogP) is 6.00. The molecule has 0 atom stereocenters. The van der Waals surface area contributed by atoms with Gasteiger partial charge in [-0.05, 0) is 42.3 Å². The number of alkyl halides is 3. The molecule has 1 aliphatic rings. The minimum absolute atomic E-state index is 0.104. The molecule has 2 aromatic carbocycles. The molecule has 1 N–H and O–H groups in total. The van der Waals surface area contributed by atoms with E-state index in [9.17, 15) is 18.0 Å². The molecule has 1 aliphatic heterocycles. The Morgan fingerprint density at radius 3 is 2.69 bits per heavy atom. The quantitative estimate of drug-likeness (QED) is 0.314. The number of hydrogen-bond acceptors (Lipinski definition) is 5. The number of aryl methyl sites for hydroxylation is 1. The minimum Gasteiger partial charge on any atom is -0.489 e. The molecular weight excluding hydrogens is 509 g/mol. The molecule has 0 unspecified atom stereocenters. The van der Waals surface area contributed by atoms with Crippen LogP contribution in [0, 0.1) is 6.92 Å². The zero-order chi connectivity index (χ0) is 27.4. The van der Waals surface area contributed by atoms with Gasteiger partial charge in [-0.1, -0.05) is 24.3 Å². The van der Waals surface area contributed by atoms with E-state index in [1.165, 1.54) is 12.1 Å². The summed E-state index contributed by atoms with van der Waals surface area (Å²) in [5, 5.41) is 7.28. The van der Waals surface area contributed by atoms with E-state index in [2.05, 4.69) is 15.4 Å². The maximum absolute atomic E-state index is 13.0. The monoisotopic (exact) mass is 536 g/mol. The van der Waals surface area contributed by atoms with Gasteiger partial charge >= 0.3 is 6.18 Å². The summed E-state index contributed by atoms with van der Waals surface area (Å²) >= 11 is 0. The van der Waals surface area contributed by atoms with E-state index < -0.39 is 17.6 Å². The van der Waals surface area contributed by atoms with Crippen LogP contribution < -0.4 is 10.1 Å². The minimum atomic E-state index is -4.46. The van der Waals surface area contributed by atoms with Gasteiger partial charge in [-0.3, -0.25) is 9.78 Å². The molecule has 202 valence electrons. The molecule has 3 heterocycles. The number of ether oxygens (including phenoxy) is 2. The maximum Gasteiger partial charge on any atom is 0.416 e. The first-order valence-electron chi connectivity index (χ1n) is 12.6. The van der Waals surface area contributed by atoms with Crippen molar-refractivity contribution in [1.29, 1.82) is 0 Å². The smallest absolute Gasteiger partial charge is 0.416 e. The summed E-state index contributed by atoms with van der Waals surface area (Å²) in [5.41, 5.74) is 3.39. The first-order chi connectivity index (χ1) is 18.7. The topological polar surface area (TPSA) is 78.3 Å². The maximum atomic E-state index is 13.0. The number of carbonyl (C=O) groups is 1. The second-order valence-corrected chi connectivity index (χ2v) is 9.44. The summed E-state index contributed by atoms with van der Waals surface area (Å²) < 4.78 is 52.2. The van der Waals surface area contributed by atoms with Crippen LogP contribution in [0.2, 0.25) is 0 Å². The third kappa shape index (κ3) is 6.64. The van der Waals surface area contributed by atoms with E-state index >= 15 is 0 Å². The fourth-order valence-electron chi connectivity index (χ4n) is 4.41. The van der Waals surface area contributed by atoms with Crippen molar-refractivity contribution in [3.63, 3.8) is 0 Å². The van der Waals surface area contributed by atoms with Crippen LogP contribution in [0.4, 0.5) is 18.9 Å². The molecule has 0 aliphatic carbocycles. The lowest BCUT2D eigenvalue weighted by molar-refractivity contribution is -0.137. The van der Waals surface area contributed by atoms with Crippen LogP contribution in [0.1, 0.15) is 29.5 Å². The number of pyridine rings is 1. The van der Waals surface area contributed by atoms with Crippen LogP contribution >= 0.6 is 0 Å². The molecular formula is C29H27F3N4O3. The predicted molar refractivity (Wildman–Crippen MR) is 140 cm³/mol. The molecule has 39 heavy (non-hydrogen) atoms. The number of aromatic nitrogens is 3. The average Bonchev–Trinajstić information content (AvgIpc) is 3.40. The van der Waals surface area contributed by atoms with Crippen molar-refractivity contribution in [3.8, 4) is 22.6 Å². The van der Waals surface area contributed by atoms with E-state index in [1.54, 1.807) is 35.4 Å². The third-order valence-electron chi connectivity index (χ3n) is 6.46. The van der Waals surface area contributed by atoms with E-state index in [4.69, 9.17) is 9.47 Å². The molecule has 0 radical (unpaired) electrons. The normalized spacial score (nSPS) is 14.3. The van der Waals surface area contributed by atoms with Gasteiger partial charge in [0.05, 0.1) is 43.3 Å². The number of carbonyl (C=O) groups excluding carboxylic acids is 1.